The number of hydrogen-bond acceptors (Lipinski definition) is 3. The fourth-order valence-electron chi connectivity index (χ4n) is 4.06. The van der Waals surface area contributed by atoms with Crippen molar-refractivity contribution < 1.29 is 4.79 Å². The Hall–Kier alpha value is -0.610. The quantitative estimate of drug-likeness (QED) is 0.824. The molecule has 2 saturated heterocycles. The van der Waals surface area contributed by atoms with Gasteiger partial charge in [0.05, 0.1) is 6.54 Å². The SMILES string of the molecule is CN(C(=O)CN1CC2CNCC2C1)C1CCCCC1. The van der Waals surface area contributed by atoms with Crippen molar-refractivity contribution in [2.75, 3.05) is 39.8 Å². The number of rotatable bonds is 3. The first-order valence-corrected chi connectivity index (χ1v) is 7.93. The molecule has 2 atom stereocenters. The fourth-order valence-corrected chi connectivity index (χ4v) is 4.06. The summed E-state index contributed by atoms with van der Waals surface area (Å²) in [6.07, 6.45) is 6.35. The van der Waals surface area contributed by atoms with Crippen LogP contribution in [0.4, 0.5) is 0 Å². The van der Waals surface area contributed by atoms with Crippen molar-refractivity contribution in [3.63, 3.8) is 0 Å². The highest BCUT2D eigenvalue weighted by atomic mass is 16.2. The van der Waals surface area contributed by atoms with Gasteiger partial charge in [-0.2, -0.15) is 0 Å². The summed E-state index contributed by atoms with van der Waals surface area (Å²) >= 11 is 0. The van der Waals surface area contributed by atoms with Gasteiger partial charge < -0.3 is 10.2 Å². The fraction of sp³-hybridized carbons (Fsp3) is 0.933. The van der Waals surface area contributed by atoms with E-state index in [0.717, 1.165) is 38.0 Å². The summed E-state index contributed by atoms with van der Waals surface area (Å²) < 4.78 is 0. The summed E-state index contributed by atoms with van der Waals surface area (Å²) in [7, 11) is 2.01. The highest BCUT2D eigenvalue weighted by molar-refractivity contribution is 5.78. The zero-order valence-electron chi connectivity index (χ0n) is 12.1. The Morgan fingerprint density at radius 2 is 1.79 bits per heavy atom. The predicted molar refractivity (Wildman–Crippen MR) is 75.9 cm³/mol. The van der Waals surface area contributed by atoms with Gasteiger partial charge in [0.25, 0.3) is 0 Å². The van der Waals surface area contributed by atoms with Gasteiger partial charge in [0.1, 0.15) is 0 Å². The first-order valence-electron chi connectivity index (χ1n) is 7.93. The van der Waals surface area contributed by atoms with E-state index in [-0.39, 0.29) is 0 Å². The van der Waals surface area contributed by atoms with E-state index in [2.05, 4.69) is 10.2 Å². The molecule has 0 spiro atoms. The lowest BCUT2D eigenvalue weighted by Gasteiger charge is -2.32. The third-order valence-corrected chi connectivity index (χ3v) is 5.34. The zero-order valence-corrected chi connectivity index (χ0v) is 12.1. The van der Waals surface area contributed by atoms with Crippen LogP contribution in [-0.2, 0) is 4.79 Å². The first kappa shape index (κ1) is 13.4. The molecule has 1 aliphatic carbocycles. The monoisotopic (exact) mass is 265 g/mol. The molecule has 1 amide bonds. The summed E-state index contributed by atoms with van der Waals surface area (Å²) in [5.74, 6) is 1.90. The van der Waals surface area contributed by atoms with Gasteiger partial charge in [0.15, 0.2) is 0 Å². The number of amides is 1. The number of nitrogens with one attached hydrogen (secondary N) is 1. The number of carbonyl (C=O) groups is 1. The molecule has 108 valence electrons. The smallest absolute Gasteiger partial charge is 0.236 e. The molecule has 0 aromatic carbocycles. The predicted octanol–water partition coefficient (Wildman–Crippen LogP) is 0.929. The Bertz CT molecular complexity index is 315. The molecule has 2 unspecified atom stereocenters. The lowest BCUT2D eigenvalue weighted by atomic mass is 9.94. The van der Waals surface area contributed by atoms with Gasteiger partial charge in [-0.3, -0.25) is 9.69 Å². The van der Waals surface area contributed by atoms with Crippen molar-refractivity contribution in [2.45, 2.75) is 38.1 Å². The van der Waals surface area contributed by atoms with Crippen LogP contribution in [0, 0.1) is 11.8 Å². The summed E-state index contributed by atoms with van der Waals surface area (Å²) in [4.78, 5) is 16.8. The summed E-state index contributed by atoms with van der Waals surface area (Å²) in [5.41, 5.74) is 0. The van der Waals surface area contributed by atoms with E-state index in [1.54, 1.807) is 0 Å². The zero-order chi connectivity index (χ0) is 13.2. The molecule has 1 saturated carbocycles. The van der Waals surface area contributed by atoms with E-state index >= 15 is 0 Å². The second kappa shape index (κ2) is 5.80. The Balaban J connectivity index is 1.48. The number of likely N-dealkylation sites (tertiary alicyclic amines) is 1. The number of nitrogens with zero attached hydrogens (tertiary/aromatic N) is 2. The molecule has 4 heteroatoms. The molecule has 1 N–H and O–H groups in total. The molecular formula is C15H27N3O. The molecule has 4 nitrogen and oxygen atoms in total. The van der Waals surface area contributed by atoms with Gasteiger partial charge in [-0.15, -0.1) is 0 Å². The summed E-state index contributed by atoms with van der Waals surface area (Å²) in [5, 5.41) is 3.45. The standard InChI is InChI=1S/C15H27N3O/c1-17(14-5-3-2-4-6-14)15(19)11-18-9-12-7-16-8-13(12)10-18/h12-14,16H,2-11H2,1H3. The normalized spacial score (nSPS) is 32.5. The molecule has 3 aliphatic rings. The van der Waals surface area contributed by atoms with Gasteiger partial charge in [0.2, 0.25) is 5.91 Å². The second-order valence-electron chi connectivity index (χ2n) is 6.67. The number of likely N-dealkylation sites (N-methyl/N-ethyl adjacent to an activating group) is 1. The van der Waals surface area contributed by atoms with Gasteiger partial charge >= 0.3 is 0 Å². The maximum atomic E-state index is 12.4. The van der Waals surface area contributed by atoms with Crippen LogP contribution < -0.4 is 5.32 Å². The van der Waals surface area contributed by atoms with Gasteiger partial charge in [-0.1, -0.05) is 19.3 Å². The van der Waals surface area contributed by atoms with Crippen LogP contribution in [0.15, 0.2) is 0 Å². The Kier molecular flexibility index (Phi) is 4.08. The molecule has 3 fully saturated rings. The minimum atomic E-state index is 0.333. The van der Waals surface area contributed by atoms with Crippen LogP contribution in [-0.4, -0.2) is 61.5 Å². The molecule has 3 rings (SSSR count). The van der Waals surface area contributed by atoms with Crippen molar-refractivity contribution in [1.29, 1.82) is 0 Å². The molecule has 2 heterocycles. The van der Waals surface area contributed by atoms with E-state index < -0.39 is 0 Å². The lowest BCUT2D eigenvalue weighted by Crippen LogP contribution is -2.44. The molecule has 0 aromatic rings. The highest BCUT2D eigenvalue weighted by Gasteiger charge is 2.37. The van der Waals surface area contributed by atoms with Crippen LogP contribution in [0.1, 0.15) is 32.1 Å². The van der Waals surface area contributed by atoms with E-state index in [4.69, 9.17) is 0 Å². The molecule has 0 radical (unpaired) electrons. The van der Waals surface area contributed by atoms with Gasteiger partial charge in [0, 0.05) is 26.2 Å². The van der Waals surface area contributed by atoms with Crippen LogP contribution in [0.3, 0.4) is 0 Å². The van der Waals surface area contributed by atoms with Crippen molar-refractivity contribution in [2.24, 2.45) is 11.8 Å². The van der Waals surface area contributed by atoms with Crippen LogP contribution in [0.25, 0.3) is 0 Å². The Morgan fingerprint density at radius 3 is 2.42 bits per heavy atom. The molecular weight excluding hydrogens is 238 g/mol. The van der Waals surface area contributed by atoms with Gasteiger partial charge in [-0.05, 0) is 37.8 Å². The van der Waals surface area contributed by atoms with Crippen LogP contribution >= 0.6 is 0 Å². The summed E-state index contributed by atoms with van der Waals surface area (Å²) in [6, 6.07) is 0.505. The second-order valence-corrected chi connectivity index (χ2v) is 6.67. The average Bonchev–Trinajstić information content (AvgIpc) is 2.99. The van der Waals surface area contributed by atoms with Crippen LogP contribution in [0.2, 0.25) is 0 Å². The Labute approximate surface area is 116 Å². The minimum absolute atomic E-state index is 0.333. The Morgan fingerprint density at radius 1 is 1.16 bits per heavy atom. The molecule has 2 aliphatic heterocycles. The number of hydrogen-bond donors (Lipinski definition) is 1. The van der Waals surface area contributed by atoms with E-state index in [1.165, 1.54) is 32.1 Å². The van der Waals surface area contributed by atoms with Crippen molar-refractivity contribution in [1.82, 2.24) is 15.1 Å². The first-order chi connectivity index (χ1) is 9.24. The topological polar surface area (TPSA) is 35.6 Å². The summed E-state index contributed by atoms with van der Waals surface area (Å²) in [6.45, 7) is 5.16. The molecule has 0 bridgehead atoms. The maximum absolute atomic E-state index is 12.4. The number of carbonyl (C=O) groups excluding carboxylic acids is 1. The molecule has 0 aromatic heterocycles. The van der Waals surface area contributed by atoms with Crippen molar-refractivity contribution in [3.05, 3.63) is 0 Å². The van der Waals surface area contributed by atoms with Crippen molar-refractivity contribution in [3.8, 4) is 0 Å². The minimum Gasteiger partial charge on any atom is -0.342 e. The third-order valence-electron chi connectivity index (χ3n) is 5.34. The highest BCUT2D eigenvalue weighted by Crippen LogP contribution is 2.26. The average molecular weight is 265 g/mol. The largest absolute Gasteiger partial charge is 0.342 e. The third kappa shape index (κ3) is 2.95. The lowest BCUT2D eigenvalue weighted by molar-refractivity contribution is -0.133. The van der Waals surface area contributed by atoms with E-state index in [0.29, 0.717) is 18.5 Å². The van der Waals surface area contributed by atoms with E-state index in [9.17, 15) is 4.79 Å². The van der Waals surface area contributed by atoms with E-state index in [1.807, 2.05) is 11.9 Å². The number of fused-ring (bicyclic) bond motifs is 1. The van der Waals surface area contributed by atoms with Crippen LogP contribution in [0.5, 0.6) is 0 Å². The van der Waals surface area contributed by atoms with Crippen molar-refractivity contribution >= 4 is 5.91 Å². The van der Waals surface area contributed by atoms with Gasteiger partial charge in [-0.25, -0.2) is 0 Å². The molecule has 19 heavy (non-hydrogen) atoms. The maximum Gasteiger partial charge on any atom is 0.236 e.